The molecule has 2 aromatic rings. The van der Waals surface area contributed by atoms with E-state index >= 15 is 0 Å². The van der Waals surface area contributed by atoms with Gasteiger partial charge in [0.25, 0.3) is 5.91 Å². The topological polar surface area (TPSA) is 60.0 Å². The summed E-state index contributed by atoms with van der Waals surface area (Å²) < 4.78 is 17.0. The van der Waals surface area contributed by atoms with Crippen molar-refractivity contribution in [1.82, 2.24) is 0 Å². The van der Waals surface area contributed by atoms with Crippen LogP contribution in [0.2, 0.25) is 0 Å². The van der Waals surface area contributed by atoms with Crippen LogP contribution in [0.1, 0.15) is 37.0 Å². The Bertz CT molecular complexity index is 803. The van der Waals surface area contributed by atoms with Crippen molar-refractivity contribution in [2.75, 3.05) is 49.7 Å². The number of anilines is 2. The van der Waals surface area contributed by atoms with Gasteiger partial charge in [-0.25, -0.2) is 0 Å². The smallest absolute Gasteiger partial charge is 0.255 e. The Morgan fingerprint density at radius 1 is 1.00 bits per heavy atom. The fourth-order valence-electron chi connectivity index (χ4n) is 3.16. The monoisotopic (exact) mass is 398 g/mol. The molecular formula is C23H30N2O4. The summed E-state index contributed by atoms with van der Waals surface area (Å²) in [6.07, 6.45) is 1.80. The van der Waals surface area contributed by atoms with E-state index in [4.69, 9.17) is 14.2 Å². The van der Waals surface area contributed by atoms with Gasteiger partial charge in [-0.1, -0.05) is 26.0 Å². The molecule has 0 bridgehead atoms. The normalized spacial score (nSPS) is 13.8. The van der Waals surface area contributed by atoms with Crippen LogP contribution in [-0.2, 0) is 4.74 Å². The zero-order chi connectivity index (χ0) is 20.5. The fourth-order valence-corrected chi connectivity index (χ4v) is 3.16. The highest BCUT2D eigenvalue weighted by Crippen LogP contribution is 2.31. The predicted octanol–water partition coefficient (Wildman–Crippen LogP) is 4.35. The van der Waals surface area contributed by atoms with Gasteiger partial charge in [0.05, 0.1) is 37.8 Å². The highest BCUT2D eigenvalue weighted by atomic mass is 16.5. The van der Waals surface area contributed by atoms with Crippen LogP contribution in [-0.4, -0.2) is 45.4 Å². The first kappa shape index (κ1) is 21.0. The minimum atomic E-state index is -0.172. The van der Waals surface area contributed by atoms with Crippen molar-refractivity contribution in [1.29, 1.82) is 0 Å². The lowest BCUT2D eigenvalue weighted by Gasteiger charge is -2.30. The molecule has 1 aliphatic heterocycles. The molecule has 3 rings (SSSR count). The summed E-state index contributed by atoms with van der Waals surface area (Å²) in [5, 5.41) is 3.05. The van der Waals surface area contributed by atoms with E-state index in [1.165, 1.54) is 0 Å². The van der Waals surface area contributed by atoms with Crippen LogP contribution in [0.15, 0.2) is 42.5 Å². The van der Waals surface area contributed by atoms with Gasteiger partial charge in [-0.15, -0.1) is 0 Å². The number of carbonyl (C=O) groups excluding carboxylic acids is 1. The van der Waals surface area contributed by atoms with E-state index in [1.54, 1.807) is 12.1 Å². The van der Waals surface area contributed by atoms with Gasteiger partial charge in [-0.3, -0.25) is 4.79 Å². The van der Waals surface area contributed by atoms with Crippen LogP contribution in [0.5, 0.6) is 11.5 Å². The summed E-state index contributed by atoms with van der Waals surface area (Å²) in [4.78, 5) is 15.2. The van der Waals surface area contributed by atoms with Gasteiger partial charge in [0.1, 0.15) is 0 Å². The first-order valence-corrected chi connectivity index (χ1v) is 10.4. The third-order valence-electron chi connectivity index (χ3n) is 4.63. The number of hydrogen-bond acceptors (Lipinski definition) is 5. The number of hydrogen-bond donors (Lipinski definition) is 1. The highest BCUT2D eigenvalue weighted by Gasteiger charge is 2.17. The first-order valence-electron chi connectivity index (χ1n) is 10.4. The van der Waals surface area contributed by atoms with E-state index in [0.717, 1.165) is 37.3 Å². The van der Waals surface area contributed by atoms with Crippen molar-refractivity contribution in [3.05, 3.63) is 48.0 Å². The number of ether oxygens (including phenoxy) is 3. The summed E-state index contributed by atoms with van der Waals surface area (Å²) in [5.74, 6) is 1.11. The molecule has 1 fully saturated rings. The zero-order valence-corrected chi connectivity index (χ0v) is 17.3. The molecule has 0 aliphatic carbocycles. The number of nitrogens with one attached hydrogen (secondary N) is 1. The van der Waals surface area contributed by atoms with Crippen LogP contribution in [0, 0.1) is 0 Å². The van der Waals surface area contributed by atoms with Crippen molar-refractivity contribution in [3.63, 3.8) is 0 Å². The Kier molecular flexibility index (Phi) is 7.76. The minimum Gasteiger partial charge on any atom is -0.490 e. The van der Waals surface area contributed by atoms with E-state index < -0.39 is 0 Å². The second kappa shape index (κ2) is 10.7. The molecule has 0 aromatic heterocycles. The number of benzene rings is 2. The molecule has 0 atom stereocenters. The van der Waals surface area contributed by atoms with Gasteiger partial charge in [-0.2, -0.15) is 0 Å². The number of para-hydroxylation sites is 2. The van der Waals surface area contributed by atoms with E-state index in [1.807, 2.05) is 37.3 Å². The SMILES string of the molecule is CCCOc1ccc(C(=O)Nc2ccccc2N2CCOCC2)cc1OCCC. The zero-order valence-electron chi connectivity index (χ0n) is 17.3. The van der Waals surface area contributed by atoms with E-state index in [9.17, 15) is 4.79 Å². The maximum atomic E-state index is 12.9. The largest absolute Gasteiger partial charge is 0.490 e. The van der Waals surface area contributed by atoms with Gasteiger partial charge in [0.2, 0.25) is 0 Å². The predicted molar refractivity (Wildman–Crippen MR) is 115 cm³/mol. The summed E-state index contributed by atoms with van der Waals surface area (Å²) in [6, 6.07) is 13.2. The molecule has 0 saturated carbocycles. The number of nitrogens with zero attached hydrogens (tertiary/aromatic N) is 1. The Balaban J connectivity index is 1.78. The highest BCUT2D eigenvalue weighted by molar-refractivity contribution is 6.06. The summed E-state index contributed by atoms with van der Waals surface area (Å²) in [7, 11) is 0. The fraction of sp³-hybridized carbons (Fsp3) is 0.435. The molecule has 29 heavy (non-hydrogen) atoms. The first-order chi connectivity index (χ1) is 14.2. The summed E-state index contributed by atoms with van der Waals surface area (Å²) in [6.45, 7) is 8.30. The molecular weight excluding hydrogens is 368 g/mol. The van der Waals surface area contributed by atoms with Gasteiger partial charge >= 0.3 is 0 Å². The van der Waals surface area contributed by atoms with E-state index in [0.29, 0.717) is 43.5 Å². The lowest BCUT2D eigenvalue weighted by atomic mass is 10.1. The molecule has 2 aromatic carbocycles. The van der Waals surface area contributed by atoms with Crippen LogP contribution in [0.25, 0.3) is 0 Å². The molecule has 0 unspecified atom stereocenters. The van der Waals surface area contributed by atoms with Gasteiger partial charge in [0.15, 0.2) is 11.5 Å². The third kappa shape index (κ3) is 5.64. The molecule has 1 aliphatic rings. The number of amides is 1. The molecule has 1 heterocycles. The summed E-state index contributed by atoms with van der Waals surface area (Å²) >= 11 is 0. The second-order valence-corrected chi connectivity index (χ2v) is 6.93. The van der Waals surface area contributed by atoms with Crippen LogP contribution >= 0.6 is 0 Å². The van der Waals surface area contributed by atoms with Crippen molar-refractivity contribution in [3.8, 4) is 11.5 Å². The number of morpholine rings is 1. The van der Waals surface area contributed by atoms with E-state index in [-0.39, 0.29) is 5.91 Å². The van der Waals surface area contributed by atoms with Gasteiger partial charge in [-0.05, 0) is 43.2 Å². The van der Waals surface area contributed by atoms with Gasteiger partial charge in [0, 0.05) is 18.7 Å². The molecule has 156 valence electrons. The Labute approximate surface area is 172 Å². The lowest BCUT2D eigenvalue weighted by Crippen LogP contribution is -2.36. The summed E-state index contributed by atoms with van der Waals surface area (Å²) in [5.41, 5.74) is 2.34. The number of carbonyl (C=O) groups is 1. The van der Waals surface area contributed by atoms with Crippen LogP contribution in [0.4, 0.5) is 11.4 Å². The molecule has 6 nitrogen and oxygen atoms in total. The van der Waals surface area contributed by atoms with Gasteiger partial charge < -0.3 is 24.4 Å². The molecule has 0 radical (unpaired) electrons. The quantitative estimate of drug-likeness (QED) is 0.680. The minimum absolute atomic E-state index is 0.172. The van der Waals surface area contributed by atoms with Crippen molar-refractivity contribution >= 4 is 17.3 Å². The Morgan fingerprint density at radius 3 is 2.41 bits per heavy atom. The molecule has 1 N–H and O–H groups in total. The maximum Gasteiger partial charge on any atom is 0.255 e. The standard InChI is InChI=1S/C23H30N2O4/c1-3-13-28-21-10-9-18(17-22(21)29-14-4-2)23(26)24-19-7-5-6-8-20(19)25-11-15-27-16-12-25/h5-10,17H,3-4,11-16H2,1-2H3,(H,24,26). The van der Waals surface area contributed by atoms with E-state index in [2.05, 4.69) is 17.1 Å². The Morgan fingerprint density at radius 2 is 1.69 bits per heavy atom. The second-order valence-electron chi connectivity index (χ2n) is 6.93. The molecule has 1 saturated heterocycles. The average molecular weight is 399 g/mol. The molecule has 0 spiro atoms. The van der Waals surface area contributed by atoms with Crippen LogP contribution in [0.3, 0.4) is 0 Å². The Hall–Kier alpha value is -2.73. The lowest BCUT2D eigenvalue weighted by molar-refractivity contribution is 0.102. The molecule has 1 amide bonds. The number of rotatable bonds is 9. The van der Waals surface area contributed by atoms with Crippen molar-refractivity contribution in [2.45, 2.75) is 26.7 Å². The third-order valence-corrected chi connectivity index (χ3v) is 4.63. The van der Waals surface area contributed by atoms with Crippen LogP contribution < -0.4 is 19.7 Å². The maximum absolute atomic E-state index is 12.9. The van der Waals surface area contributed by atoms with Crippen molar-refractivity contribution < 1.29 is 19.0 Å². The van der Waals surface area contributed by atoms with Crippen molar-refractivity contribution in [2.24, 2.45) is 0 Å². The molecule has 6 heteroatoms. The average Bonchev–Trinajstić information content (AvgIpc) is 2.77.